The molecule has 7 nitrogen and oxygen atoms in total. The highest BCUT2D eigenvalue weighted by Gasteiger charge is 2.38. The SMILES string of the molecule is COc1ccc(C(=O)NC2CC(C)(C)NC(C)(C)C2)cc1[N+](=O)[O-]. The van der Waals surface area contributed by atoms with Crippen LogP contribution in [0.15, 0.2) is 18.2 Å². The summed E-state index contributed by atoms with van der Waals surface area (Å²) in [5.41, 5.74) is -0.134. The van der Waals surface area contributed by atoms with Gasteiger partial charge in [0.2, 0.25) is 0 Å². The molecule has 0 spiro atoms. The molecule has 0 saturated carbocycles. The highest BCUT2D eigenvalue weighted by atomic mass is 16.6. The molecular weight excluding hydrogens is 310 g/mol. The van der Waals surface area contributed by atoms with E-state index >= 15 is 0 Å². The Morgan fingerprint density at radius 2 is 1.88 bits per heavy atom. The molecule has 0 bridgehead atoms. The van der Waals surface area contributed by atoms with Crippen molar-refractivity contribution >= 4 is 11.6 Å². The minimum absolute atomic E-state index is 0.00454. The molecular formula is C17H25N3O4. The summed E-state index contributed by atoms with van der Waals surface area (Å²) in [6, 6.07) is 4.25. The van der Waals surface area contributed by atoms with Crippen LogP contribution in [0.4, 0.5) is 5.69 Å². The molecule has 132 valence electrons. The van der Waals surface area contributed by atoms with Crippen LogP contribution >= 0.6 is 0 Å². The lowest BCUT2D eigenvalue weighted by Crippen LogP contribution is -2.62. The Morgan fingerprint density at radius 1 is 1.29 bits per heavy atom. The fraction of sp³-hybridized carbons (Fsp3) is 0.588. The quantitative estimate of drug-likeness (QED) is 0.652. The second-order valence-corrected chi connectivity index (χ2v) is 7.62. The van der Waals surface area contributed by atoms with E-state index in [-0.39, 0.29) is 40.0 Å². The van der Waals surface area contributed by atoms with Gasteiger partial charge in [0.15, 0.2) is 5.75 Å². The molecule has 1 amide bonds. The van der Waals surface area contributed by atoms with Crippen LogP contribution in [-0.4, -0.2) is 35.1 Å². The second-order valence-electron chi connectivity index (χ2n) is 7.62. The van der Waals surface area contributed by atoms with Crippen molar-refractivity contribution in [2.24, 2.45) is 0 Å². The lowest BCUT2D eigenvalue weighted by atomic mass is 9.79. The number of rotatable bonds is 4. The van der Waals surface area contributed by atoms with Crippen LogP contribution in [0.1, 0.15) is 50.9 Å². The number of hydrogen-bond donors (Lipinski definition) is 2. The topological polar surface area (TPSA) is 93.5 Å². The van der Waals surface area contributed by atoms with Crippen molar-refractivity contribution in [1.29, 1.82) is 0 Å². The number of hydrogen-bond acceptors (Lipinski definition) is 5. The summed E-state index contributed by atoms with van der Waals surface area (Å²) in [5.74, 6) is -0.167. The molecule has 2 N–H and O–H groups in total. The predicted octanol–water partition coefficient (Wildman–Crippen LogP) is 2.64. The number of nitro benzene ring substituents is 1. The maximum atomic E-state index is 12.5. The summed E-state index contributed by atoms with van der Waals surface area (Å²) in [4.78, 5) is 23.1. The first-order chi connectivity index (χ1) is 11.0. The van der Waals surface area contributed by atoms with Crippen LogP contribution in [0.5, 0.6) is 5.75 Å². The number of carbonyl (C=O) groups is 1. The van der Waals surface area contributed by atoms with E-state index in [1.807, 2.05) is 0 Å². The van der Waals surface area contributed by atoms with Gasteiger partial charge in [-0.2, -0.15) is 0 Å². The van der Waals surface area contributed by atoms with Gasteiger partial charge in [0.1, 0.15) is 0 Å². The molecule has 0 radical (unpaired) electrons. The molecule has 1 saturated heterocycles. The lowest BCUT2D eigenvalue weighted by Gasteiger charge is -2.46. The molecule has 1 aliphatic heterocycles. The van der Waals surface area contributed by atoms with Gasteiger partial charge < -0.3 is 15.4 Å². The fourth-order valence-corrected chi connectivity index (χ4v) is 3.67. The van der Waals surface area contributed by atoms with Crippen LogP contribution in [0, 0.1) is 10.1 Å². The van der Waals surface area contributed by atoms with Crippen molar-refractivity contribution in [2.45, 2.75) is 57.7 Å². The van der Waals surface area contributed by atoms with E-state index in [0.29, 0.717) is 0 Å². The van der Waals surface area contributed by atoms with Gasteiger partial charge >= 0.3 is 5.69 Å². The van der Waals surface area contributed by atoms with Crippen LogP contribution in [0.2, 0.25) is 0 Å². The van der Waals surface area contributed by atoms with E-state index in [1.54, 1.807) is 6.07 Å². The predicted molar refractivity (Wildman–Crippen MR) is 91.4 cm³/mol. The molecule has 0 aromatic heterocycles. The zero-order valence-corrected chi connectivity index (χ0v) is 14.8. The molecule has 0 atom stereocenters. The third-order valence-corrected chi connectivity index (χ3v) is 4.16. The van der Waals surface area contributed by atoms with Crippen LogP contribution in [0.25, 0.3) is 0 Å². The van der Waals surface area contributed by atoms with Gasteiger partial charge in [0.25, 0.3) is 5.91 Å². The third-order valence-electron chi connectivity index (χ3n) is 4.16. The third kappa shape index (κ3) is 4.23. The molecule has 7 heteroatoms. The van der Waals surface area contributed by atoms with E-state index in [0.717, 1.165) is 12.8 Å². The largest absolute Gasteiger partial charge is 0.490 e. The van der Waals surface area contributed by atoms with Crippen molar-refractivity contribution in [3.05, 3.63) is 33.9 Å². The monoisotopic (exact) mass is 335 g/mol. The zero-order valence-electron chi connectivity index (χ0n) is 14.8. The number of nitro groups is 1. The van der Waals surface area contributed by atoms with Gasteiger partial charge in [-0.1, -0.05) is 0 Å². The number of carbonyl (C=O) groups excluding carboxylic acids is 1. The maximum absolute atomic E-state index is 12.5. The van der Waals surface area contributed by atoms with Crippen molar-refractivity contribution in [3.63, 3.8) is 0 Å². The summed E-state index contributed by atoms with van der Waals surface area (Å²) in [6.07, 6.45) is 1.58. The summed E-state index contributed by atoms with van der Waals surface area (Å²) in [5, 5.41) is 17.7. The average Bonchev–Trinajstić information content (AvgIpc) is 2.42. The van der Waals surface area contributed by atoms with Crippen molar-refractivity contribution < 1.29 is 14.5 Å². The molecule has 0 unspecified atom stereocenters. The second kappa shape index (κ2) is 6.39. The lowest BCUT2D eigenvalue weighted by molar-refractivity contribution is -0.385. The minimum Gasteiger partial charge on any atom is -0.490 e. The summed E-state index contributed by atoms with van der Waals surface area (Å²) in [7, 11) is 1.36. The van der Waals surface area contributed by atoms with E-state index in [2.05, 4.69) is 38.3 Å². The van der Waals surface area contributed by atoms with Gasteiger partial charge in [0.05, 0.1) is 12.0 Å². The molecule has 1 fully saturated rings. The molecule has 24 heavy (non-hydrogen) atoms. The first-order valence-corrected chi connectivity index (χ1v) is 7.96. The number of amides is 1. The Morgan fingerprint density at radius 3 is 2.38 bits per heavy atom. The summed E-state index contributed by atoms with van der Waals surface area (Å²) in [6.45, 7) is 8.41. The molecule has 1 heterocycles. The first kappa shape index (κ1) is 18.2. The Labute approximate surface area is 141 Å². The minimum atomic E-state index is -0.549. The standard InChI is InChI=1S/C17H25N3O4/c1-16(2)9-12(10-17(3,4)19-16)18-15(21)11-6-7-14(24-5)13(8-11)20(22)23/h6-8,12,19H,9-10H2,1-5H3,(H,18,21). The average molecular weight is 335 g/mol. The molecule has 1 aliphatic rings. The maximum Gasteiger partial charge on any atom is 0.311 e. The van der Waals surface area contributed by atoms with Crippen LogP contribution in [0.3, 0.4) is 0 Å². The summed E-state index contributed by atoms with van der Waals surface area (Å²) >= 11 is 0. The number of ether oxygens (including phenoxy) is 1. The van der Waals surface area contributed by atoms with Crippen LogP contribution in [-0.2, 0) is 0 Å². The molecule has 2 rings (SSSR count). The normalized spacial score (nSPS) is 19.5. The van der Waals surface area contributed by atoms with Gasteiger partial charge in [0, 0.05) is 28.7 Å². The van der Waals surface area contributed by atoms with Gasteiger partial charge in [-0.25, -0.2) is 0 Å². The zero-order chi connectivity index (χ0) is 18.1. The van der Waals surface area contributed by atoms with E-state index in [1.165, 1.54) is 19.2 Å². The molecule has 1 aromatic rings. The number of benzene rings is 1. The fourth-order valence-electron chi connectivity index (χ4n) is 3.67. The van der Waals surface area contributed by atoms with Crippen molar-refractivity contribution in [2.75, 3.05) is 7.11 Å². The highest BCUT2D eigenvalue weighted by molar-refractivity contribution is 5.95. The van der Waals surface area contributed by atoms with E-state index in [4.69, 9.17) is 4.74 Å². The molecule has 0 aliphatic carbocycles. The Kier molecular flexibility index (Phi) is 4.85. The number of nitrogens with one attached hydrogen (secondary N) is 2. The number of nitrogens with zero attached hydrogens (tertiary/aromatic N) is 1. The van der Waals surface area contributed by atoms with Gasteiger partial charge in [-0.15, -0.1) is 0 Å². The Bertz CT molecular complexity index is 639. The highest BCUT2D eigenvalue weighted by Crippen LogP contribution is 2.30. The van der Waals surface area contributed by atoms with Crippen molar-refractivity contribution in [3.8, 4) is 5.75 Å². The van der Waals surface area contributed by atoms with Crippen molar-refractivity contribution in [1.82, 2.24) is 10.6 Å². The van der Waals surface area contributed by atoms with E-state index < -0.39 is 4.92 Å². The smallest absolute Gasteiger partial charge is 0.311 e. The van der Waals surface area contributed by atoms with Gasteiger partial charge in [-0.3, -0.25) is 14.9 Å². The summed E-state index contributed by atoms with van der Waals surface area (Å²) < 4.78 is 4.96. The first-order valence-electron chi connectivity index (χ1n) is 7.96. The Balaban J connectivity index is 2.18. The van der Waals surface area contributed by atoms with Crippen LogP contribution < -0.4 is 15.4 Å². The van der Waals surface area contributed by atoms with Gasteiger partial charge in [-0.05, 0) is 52.7 Å². The number of methoxy groups -OCH3 is 1. The number of piperidine rings is 1. The molecule has 1 aromatic carbocycles. The Hall–Kier alpha value is -2.15. The van der Waals surface area contributed by atoms with E-state index in [9.17, 15) is 14.9 Å².